The van der Waals surface area contributed by atoms with Crippen LogP contribution in [-0.4, -0.2) is 43.8 Å². The molecule has 3 aromatic rings. The number of anilines is 1. The predicted molar refractivity (Wildman–Crippen MR) is 160 cm³/mol. The molecule has 1 atom stereocenters. The van der Waals surface area contributed by atoms with Crippen molar-refractivity contribution in [3.63, 3.8) is 0 Å². The molecule has 0 aliphatic carbocycles. The Balaban J connectivity index is 2.05. The molecule has 208 valence electrons. The first-order valence-electron chi connectivity index (χ1n) is 12.2. The topological polar surface area (TPSA) is 86.8 Å². The van der Waals surface area contributed by atoms with Gasteiger partial charge in [0.15, 0.2) is 0 Å². The maximum absolute atomic E-state index is 13.9. The third kappa shape index (κ3) is 7.97. The molecule has 0 aliphatic heterocycles. The number of hydrogen-bond acceptors (Lipinski definition) is 4. The fraction of sp³-hybridized carbons (Fsp3) is 0.286. The monoisotopic (exact) mass is 653 g/mol. The van der Waals surface area contributed by atoms with Crippen molar-refractivity contribution < 1.29 is 18.0 Å². The van der Waals surface area contributed by atoms with Gasteiger partial charge in [0.1, 0.15) is 12.6 Å². The number of hydrogen-bond donors (Lipinski definition) is 1. The smallest absolute Gasteiger partial charge is 0.264 e. The van der Waals surface area contributed by atoms with Crippen LogP contribution in [0.15, 0.2) is 76.1 Å². The summed E-state index contributed by atoms with van der Waals surface area (Å²) in [4.78, 5) is 28.3. The van der Waals surface area contributed by atoms with E-state index in [1.165, 1.54) is 17.0 Å². The van der Waals surface area contributed by atoms with E-state index in [2.05, 4.69) is 21.2 Å². The normalized spacial score (nSPS) is 12.2. The van der Waals surface area contributed by atoms with Crippen LogP contribution >= 0.6 is 39.1 Å². The summed E-state index contributed by atoms with van der Waals surface area (Å²) < 4.78 is 29.4. The van der Waals surface area contributed by atoms with Crippen LogP contribution in [0.4, 0.5) is 5.69 Å². The minimum absolute atomic E-state index is 0.0293. The second kappa shape index (κ2) is 13.2. The summed E-state index contributed by atoms with van der Waals surface area (Å²) in [5, 5.41) is 3.57. The number of amides is 2. The summed E-state index contributed by atoms with van der Waals surface area (Å²) in [6, 6.07) is 16.9. The highest BCUT2D eigenvalue weighted by atomic mass is 79.9. The molecule has 0 radical (unpaired) electrons. The van der Waals surface area contributed by atoms with Gasteiger partial charge in [-0.05, 0) is 75.7 Å². The molecule has 0 saturated heterocycles. The molecule has 3 aromatic carbocycles. The van der Waals surface area contributed by atoms with Gasteiger partial charge in [0.2, 0.25) is 11.8 Å². The van der Waals surface area contributed by atoms with Crippen LogP contribution in [0.3, 0.4) is 0 Å². The summed E-state index contributed by atoms with van der Waals surface area (Å²) in [7, 11) is -4.15. The average Bonchev–Trinajstić information content (AvgIpc) is 2.86. The van der Waals surface area contributed by atoms with Crippen LogP contribution in [0.1, 0.15) is 31.9 Å². The molecule has 0 saturated carbocycles. The Morgan fingerprint density at radius 2 is 1.64 bits per heavy atom. The lowest BCUT2D eigenvalue weighted by Gasteiger charge is -2.32. The van der Waals surface area contributed by atoms with Crippen LogP contribution in [0.5, 0.6) is 0 Å². The number of benzene rings is 3. The van der Waals surface area contributed by atoms with Gasteiger partial charge in [0.05, 0.1) is 10.6 Å². The molecule has 3 rings (SSSR count). The summed E-state index contributed by atoms with van der Waals surface area (Å²) in [5.41, 5.74) is 1.76. The first kappa shape index (κ1) is 30.9. The Labute approximate surface area is 248 Å². The molecule has 11 heteroatoms. The first-order valence-corrected chi connectivity index (χ1v) is 15.2. The number of rotatable bonds is 10. The van der Waals surface area contributed by atoms with E-state index in [4.69, 9.17) is 23.2 Å². The second-order valence-electron chi connectivity index (χ2n) is 9.40. The lowest BCUT2D eigenvalue weighted by molar-refractivity contribution is -0.139. The van der Waals surface area contributed by atoms with Gasteiger partial charge in [-0.25, -0.2) is 8.42 Å². The third-order valence-corrected chi connectivity index (χ3v) is 8.81. The van der Waals surface area contributed by atoms with Crippen molar-refractivity contribution in [2.45, 2.75) is 51.2 Å². The molecule has 39 heavy (non-hydrogen) atoms. The number of aryl methyl sites for hydroxylation is 1. The second-order valence-corrected chi connectivity index (χ2v) is 13.0. The number of nitrogens with one attached hydrogen (secondary N) is 1. The maximum Gasteiger partial charge on any atom is 0.264 e. The summed E-state index contributed by atoms with van der Waals surface area (Å²) in [6.07, 6.45) is 0. The molecular weight excluding hydrogens is 625 g/mol. The fourth-order valence-corrected chi connectivity index (χ4v) is 6.08. The summed E-state index contributed by atoms with van der Waals surface area (Å²) >= 11 is 15.8. The summed E-state index contributed by atoms with van der Waals surface area (Å²) in [6.45, 7) is 6.51. The number of nitrogens with zero attached hydrogens (tertiary/aromatic N) is 2. The first-order chi connectivity index (χ1) is 18.3. The van der Waals surface area contributed by atoms with Gasteiger partial charge in [0, 0.05) is 27.1 Å². The zero-order chi connectivity index (χ0) is 28.9. The molecule has 0 fully saturated rings. The largest absolute Gasteiger partial charge is 0.352 e. The van der Waals surface area contributed by atoms with Gasteiger partial charge in [-0.2, -0.15) is 0 Å². The van der Waals surface area contributed by atoms with E-state index in [0.717, 1.165) is 9.87 Å². The van der Waals surface area contributed by atoms with E-state index in [0.29, 0.717) is 25.8 Å². The van der Waals surface area contributed by atoms with E-state index in [1.54, 1.807) is 61.5 Å². The molecule has 0 unspecified atom stereocenters. The third-order valence-electron chi connectivity index (χ3n) is 5.94. The molecular formula is C28H30BrCl2N3O4S. The lowest BCUT2D eigenvalue weighted by atomic mass is 10.1. The number of sulfonamides is 1. The van der Waals surface area contributed by atoms with Gasteiger partial charge in [-0.1, -0.05) is 69.0 Å². The maximum atomic E-state index is 13.9. The molecule has 0 heterocycles. The minimum Gasteiger partial charge on any atom is -0.352 e. The Hall–Kier alpha value is -2.59. The van der Waals surface area contributed by atoms with E-state index in [-0.39, 0.29) is 23.4 Å². The SMILES string of the molecule is Cc1ccc(S(=O)(=O)N(CC(=O)N(Cc2ccc(Cl)cc2Cl)[C@H](C)C(=O)NC(C)C)c2cccc(Br)c2)cc1. The van der Waals surface area contributed by atoms with Crippen LogP contribution in [0.2, 0.25) is 10.0 Å². The highest BCUT2D eigenvalue weighted by Crippen LogP contribution is 2.28. The van der Waals surface area contributed by atoms with Crippen molar-refractivity contribution in [2.24, 2.45) is 0 Å². The van der Waals surface area contributed by atoms with E-state index < -0.39 is 28.5 Å². The Kier molecular flexibility index (Phi) is 10.5. The standard InChI is InChI=1S/C28H30BrCl2N3O4S/c1-18(2)32-28(36)20(4)33(16-21-10-11-23(30)15-26(21)31)27(35)17-34(24-7-5-6-22(29)14-24)39(37,38)25-12-8-19(3)9-13-25/h5-15,18,20H,16-17H2,1-4H3,(H,32,36)/t20-/m1/s1. The highest BCUT2D eigenvalue weighted by molar-refractivity contribution is 9.10. The molecule has 7 nitrogen and oxygen atoms in total. The van der Waals surface area contributed by atoms with Crippen LogP contribution in [0.25, 0.3) is 0 Å². The number of carbonyl (C=O) groups is 2. The molecule has 2 amide bonds. The van der Waals surface area contributed by atoms with Crippen molar-refractivity contribution in [1.82, 2.24) is 10.2 Å². The van der Waals surface area contributed by atoms with E-state index in [9.17, 15) is 18.0 Å². The molecule has 1 N–H and O–H groups in total. The highest BCUT2D eigenvalue weighted by Gasteiger charge is 2.33. The minimum atomic E-state index is -4.15. The average molecular weight is 655 g/mol. The van der Waals surface area contributed by atoms with Crippen molar-refractivity contribution in [2.75, 3.05) is 10.8 Å². The van der Waals surface area contributed by atoms with Crippen molar-refractivity contribution in [1.29, 1.82) is 0 Å². The quantitative estimate of drug-likeness (QED) is 0.282. The molecule has 0 aromatic heterocycles. The van der Waals surface area contributed by atoms with Gasteiger partial charge in [0.25, 0.3) is 10.0 Å². The molecule has 0 bridgehead atoms. The van der Waals surface area contributed by atoms with Crippen molar-refractivity contribution in [3.8, 4) is 0 Å². The zero-order valence-electron chi connectivity index (χ0n) is 22.0. The van der Waals surface area contributed by atoms with Gasteiger partial charge in [-0.3, -0.25) is 13.9 Å². The predicted octanol–water partition coefficient (Wildman–Crippen LogP) is 6.20. The number of carbonyl (C=O) groups excluding carboxylic acids is 2. The van der Waals surface area contributed by atoms with Gasteiger partial charge in [-0.15, -0.1) is 0 Å². The Bertz CT molecular complexity index is 1450. The fourth-order valence-electron chi connectivity index (χ4n) is 3.82. The lowest BCUT2D eigenvalue weighted by Crippen LogP contribution is -2.52. The Morgan fingerprint density at radius 3 is 2.23 bits per heavy atom. The van der Waals surface area contributed by atoms with Crippen LogP contribution in [0, 0.1) is 6.92 Å². The van der Waals surface area contributed by atoms with E-state index >= 15 is 0 Å². The van der Waals surface area contributed by atoms with Gasteiger partial charge >= 0.3 is 0 Å². The zero-order valence-corrected chi connectivity index (χ0v) is 25.9. The Morgan fingerprint density at radius 1 is 0.974 bits per heavy atom. The number of halogens is 3. The summed E-state index contributed by atoms with van der Waals surface area (Å²) in [5.74, 6) is -0.957. The van der Waals surface area contributed by atoms with E-state index in [1.807, 2.05) is 20.8 Å². The van der Waals surface area contributed by atoms with Crippen molar-refractivity contribution >= 4 is 66.7 Å². The molecule has 0 aliphatic rings. The van der Waals surface area contributed by atoms with Crippen LogP contribution < -0.4 is 9.62 Å². The molecule has 0 spiro atoms. The van der Waals surface area contributed by atoms with Crippen LogP contribution in [-0.2, 0) is 26.2 Å². The van der Waals surface area contributed by atoms with Crippen molar-refractivity contribution in [3.05, 3.63) is 92.4 Å². The van der Waals surface area contributed by atoms with Gasteiger partial charge < -0.3 is 10.2 Å².